The van der Waals surface area contributed by atoms with Gasteiger partial charge in [0.15, 0.2) is 0 Å². The van der Waals surface area contributed by atoms with Gasteiger partial charge in [-0.1, -0.05) is 13.8 Å². The van der Waals surface area contributed by atoms with E-state index in [1.165, 1.54) is 17.8 Å². The lowest BCUT2D eigenvalue weighted by Crippen LogP contribution is -2.23. The first-order valence-corrected chi connectivity index (χ1v) is 5.88. The Kier molecular flexibility index (Phi) is 2.09. The quantitative estimate of drug-likeness (QED) is 0.689. The van der Waals surface area contributed by atoms with E-state index in [4.69, 9.17) is 4.74 Å². The number of ether oxygens (including phenoxy) is 1. The fraction of sp³-hybridized carbons (Fsp3) is 0.750. The van der Waals surface area contributed by atoms with E-state index >= 15 is 0 Å². The van der Waals surface area contributed by atoms with Crippen molar-refractivity contribution in [3.63, 3.8) is 0 Å². The number of epoxide rings is 1. The summed E-state index contributed by atoms with van der Waals surface area (Å²) in [6.07, 6.45) is 4.79. The molecule has 15 heavy (non-hydrogen) atoms. The van der Waals surface area contributed by atoms with Crippen molar-refractivity contribution >= 4 is 0 Å². The molecule has 3 nitrogen and oxygen atoms in total. The lowest BCUT2D eigenvalue weighted by Gasteiger charge is -2.26. The van der Waals surface area contributed by atoms with E-state index in [1.807, 2.05) is 6.33 Å². The number of aromatic nitrogens is 2. The molecule has 3 heteroatoms. The summed E-state index contributed by atoms with van der Waals surface area (Å²) in [7, 11) is 0. The monoisotopic (exact) mass is 206 g/mol. The van der Waals surface area contributed by atoms with Crippen LogP contribution < -0.4 is 0 Å². The van der Waals surface area contributed by atoms with Crippen LogP contribution in [0.15, 0.2) is 6.33 Å². The van der Waals surface area contributed by atoms with Crippen molar-refractivity contribution in [1.82, 2.24) is 9.55 Å². The maximum Gasteiger partial charge on any atom is 0.0988 e. The number of hydrogen-bond acceptors (Lipinski definition) is 2. The molecule has 2 aliphatic rings. The third kappa shape index (κ3) is 1.69. The predicted molar refractivity (Wildman–Crippen MR) is 57.7 cm³/mol. The summed E-state index contributed by atoms with van der Waals surface area (Å²) < 4.78 is 7.57. The minimum absolute atomic E-state index is 0.456. The van der Waals surface area contributed by atoms with E-state index in [0.717, 1.165) is 31.4 Å². The zero-order valence-corrected chi connectivity index (χ0v) is 9.44. The molecule has 1 aliphatic heterocycles. The Morgan fingerprint density at radius 3 is 2.87 bits per heavy atom. The van der Waals surface area contributed by atoms with E-state index < -0.39 is 0 Å². The van der Waals surface area contributed by atoms with Crippen molar-refractivity contribution < 1.29 is 4.74 Å². The van der Waals surface area contributed by atoms with Gasteiger partial charge in [-0.25, -0.2) is 4.98 Å². The Morgan fingerprint density at radius 1 is 1.40 bits per heavy atom. The molecule has 3 atom stereocenters. The van der Waals surface area contributed by atoms with Gasteiger partial charge in [0.1, 0.15) is 0 Å². The third-order valence-electron chi connectivity index (χ3n) is 3.84. The molecule has 0 spiro atoms. The van der Waals surface area contributed by atoms with Gasteiger partial charge in [-0.05, 0) is 24.7 Å². The first kappa shape index (κ1) is 9.40. The number of hydrogen-bond donors (Lipinski definition) is 0. The smallest absolute Gasteiger partial charge is 0.0988 e. The van der Waals surface area contributed by atoms with Crippen molar-refractivity contribution in [3.05, 3.63) is 17.7 Å². The second kappa shape index (κ2) is 3.34. The van der Waals surface area contributed by atoms with Crippen LogP contribution in [0.25, 0.3) is 0 Å². The first-order valence-electron chi connectivity index (χ1n) is 5.88. The maximum absolute atomic E-state index is 5.27. The maximum atomic E-state index is 5.27. The molecule has 3 unspecified atom stereocenters. The molecular weight excluding hydrogens is 188 g/mol. The van der Waals surface area contributed by atoms with Gasteiger partial charge < -0.3 is 9.30 Å². The van der Waals surface area contributed by atoms with Crippen molar-refractivity contribution in [2.45, 2.75) is 39.3 Å². The Balaban J connectivity index is 1.85. The summed E-state index contributed by atoms with van der Waals surface area (Å²) in [6.45, 7) is 6.61. The highest BCUT2D eigenvalue weighted by molar-refractivity contribution is 5.18. The average Bonchev–Trinajstić information content (AvgIpc) is 2.94. The SMILES string of the molecule is CC1Cc2ncn(CC3CO3)c2CC1C. The fourth-order valence-electron chi connectivity index (χ4n) is 2.42. The molecule has 3 rings (SSSR count). The van der Waals surface area contributed by atoms with Crippen molar-refractivity contribution in [1.29, 1.82) is 0 Å². The largest absolute Gasteiger partial charge is 0.371 e. The molecule has 0 amide bonds. The van der Waals surface area contributed by atoms with E-state index in [0.29, 0.717) is 6.10 Å². The zero-order valence-electron chi connectivity index (χ0n) is 9.44. The minimum Gasteiger partial charge on any atom is -0.371 e. The fourth-order valence-corrected chi connectivity index (χ4v) is 2.42. The van der Waals surface area contributed by atoms with Crippen LogP contribution in [-0.2, 0) is 24.1 Å². The summed E-state index contributed by atoms with van der Waals surface area (Å²) in [6, 6.07) is 0. The molecular formula is C12H18N2O. The summed E-state index contributed by atoms with van der Waals surface area (Å²) in [5.41, 5.74) is 2.78. The van der Waals surface area contributed by atoms with E-state index in [9.17, 15) is 0 Å². The second-order valence-electron chi connectivity index (χ2n) is 5.11. The van der Waals surface area contributed by atoms with Crippen LogP contribution in [0.1, 0.15) is 25.2 Å². The van der Waals surface area contributed by atoms with Gasteiger partial charge in [-0.2, -0.15) is 0 Å². The Hall–Kier alpha value is -0.830. The van der Waals surface area contributed by atoms with Crippen molar-refractivity contribution in [2.24, 2.45) is 11.8 Å². The Labute approximate surface area is 90.5 Å². The van der Waals surface area contributed by atoms with Gasteiger partial charge >= 0.3 is 0 Å². The van der Waals surface area contributed by atoms with Gasteiger partial charge in [-0.15, -0.1) is 0 Å². The molecule has 0 N–H and O–H groups in total. The predicted octanol–water partition coefficient (Wildman–Crippen LogP) is 1.65. The molecule has 0 aromatic carbocycles. The van der Waals surface area contributed by atoms with Crippen LogP contribution in [-0.4, -0.2) is 22.3 Å². The van der Waals surface area contributed by atoms with E-state index in [1.54, 1.807) is 0 Å². The highest BCUT2D eigenvalue weighted by atomic mass is 16.6. The van der Waals surface area contributed by atoms with Crippen LogP contribution in [0.4, 0.5) is 0 Å². The van der Waals surface area contributed by atoms with E-state index in [-0.39, 0.29) is 0 Å². The highest BCUT2D eigenvalue weighted by Crippen LogP contribution is 2.29. The minimum atomic E-state index is 0.456. The normalized spacial score (nSPS) is 33.9. The van der Waals surface area contributed by atoms with Crippen LogP contribution in [0.2, 0.25) is 0 Å². The number of fused-ring (bicyclic) bond motifs is 1. The van der Waals surface area contributed by atoms with Gasteiger partial charge in [0, 0.05) is 5.69 Å². The average molecular weight is 206 g/mol. The highest BCUT2D eigenvalue weighted by Gasteiger charge is 2.28. The zero-order chi connectivity index (χ0) is 10.4. The number of imidazole rings is 1. The van der Waals surface area contributed by atoms with Crippen LogP contribution in [0.3, 0.4) is 0 Å². The third-order valence-corrected chi connectivity index (χ3v) is 3.84. The summed E-state index contributed by atoms with van der Waals surface area (Å²) >= 11 is 0. The Bertz CT molecular complexity index is 368. The van der Waals surface area contributed by atoms with Crippen molar-refractivity contribution in [3.8, 4) is 0 Å². The van der Waals surface area contributed by atoms with Crippen LogP contribution >= 0.6 is 0 Å². The van der Waals surface area contributed by atoms with Crippen LogP contribution in [0, 0.1) is 11.8 Å². The Morgan fingerprint density at radius 2 is 2.13 bits per heavy atom. The molecule has 0 saturated carbocycles. The summed E-state index contributed by atoms with van der Waals surface area (Å²) in [4.78, 5) is 4.53. The van der Waals surface area contributed by atoms with Gasteiger partial charge in [0.2, 0.25) is 0 Å². The van der Waals surface area contributed by atoms with Gasteiger partial charge in [0.05, 0.1) is 31.3 Å². The molecule has 0 radical (unpaired) electrons. The lowest BCUT2D eigenvalue weighted by molar-refractivity contribution is 0.340. The lowest BCUT2D eigenvalue weighted by atomic mass is 9.82. The van der Waals surface area contributed by atoms with Gasteiger partial charge in [0.25, 0.3) is 0 Å². The molecule has 82 valence electrons. The molecule has 2 heterocycles. The molecule has 1 aromatic heterocycles. The first-order chi connectivity index (χ1) is 7.24. The molecule has 1 aromatic rings. The summed E-state index contributed by atoms with van der Waals surface area (Å²) in [5, 5.41) is 0. The molecule has 1 saturated heterocycles. The molecule has 0 bridgehead atoms. The number of rotatable bonds is 2. The number of nitrogens with zero attached hydrogens (tertiary/aromatic N) is 2. The van der Waals surface area contributed by atoms with Crippen molar-refractivity contribution in [2.75, 3.05) is 6.61 Å². The van der Waals surface area contributed by atoms with Gasteiger partial charge in [-0.3, -0.25) is 0 Å². The molecule has 1 aliphatic carbocycles. The summed E-state index contributed by atoms with van der Waals surface area (Å²) in [5.74, 6) is 1.56. The topological polar surface area (TPSA) is 30.4 Å². The second-order valence-corrected chi connectivity index (χ2v) is 5.11. The van der Waals surface area contributed by atoms with E-state index in [2.05, 4.69) is 23.4 Å². The van der Waals surface area contributed by atoms with Crippen LogP contribution in [0.5, 0.6) is 0 Å². The standard InChI is InChI=1S/C12H18N2O/c1-8-3-11-12(4-9(8)2)14(7-13-11)5-10-6-15-10/h7-10H,3-6H2,1-2H3. The molecule has 1 fully saturated rings.